The highest BCUT2D eigenvalue weighted by Crippen LogP contribution is 2.38. The van der Waals surface area contributed by atoms with Crippen molar-refractivity contribution in [3.8, 4) is 11.5 Å². The minimum atomic E-state index is -0.373. The summed E-state index contributed by atoms with van der Waals surface area (Å²) in [6.07, 6.45) is 0. The van der Waals surface area contributed by atoms with Gasteiger partial charge in [0.1, 0.15) is 17.2 Å². The van der Waals surface area contributed by atoms with Gasteiger partial charge in [0.25, 0.3) is 11.8 Å². The first-order valence-electron chi connectivity index (χ1n) is 9.68. The lowest BCUT2D eigenvalue weighted by atomic mass is 10.1. The molecule has 2 aromatic carbocycles. The van der Waals surface area contributed by atoms with Crippen LogP contribution in [0.2, 0.25) is 0 Å². The second-order valence-electron chi connectivity index (χ2n) is 7.06. The van der Waals surface area contributed by atoms with E-state index in [2.05, 4.69) is 0 Å². The maximum Gasteiger partial charge on any atom is 0.282 e. The Labute approximate surface area is 184 Å². The van der Waals surface area contributed by atoms with Crippen LogP contribution in [0.3, 0.4) is 0 Å². The molecule has 2 heterocycles. The number of benzene rings is 2. The van der Waals surface area contributed by atoms with Gasteiger partial charge >= 0.3 is 0 Å². The van der Waals surface area contributed by atoms with Crippen LogP contribution in [-0.4, -0.2) is 38.0 Å². The average molecular weight is 435 g/mol. The van der Waals surface area contributed by atoms with Gasteiger partial charge in [0.15, 0.2) is 0 Å². The third-order valence-electron chi connectivity index (χ3n) is 5.07. The molecule has 0 fully saturated rings. The summed E-state index contributed by atoms with van der Waals surface area (Å²) in [5.41, 5.74) is 2.23. The molecule has 0 saturated carbocycles. The molecule has 6 nitrogen and oxygen atoms in total. The van der Waals surface area contributed by atoms with Crippen LogP contribution < -0.4 is 14.4 Å². The molecule has 0 radical (unpaired) electrons. The number of likely N-dealkylation sites (N-methyl/N-ethyl adjacent to an activating group) is 1. The molecule has 4 rings (SSSR count). The number of amides is 2. The first kappa shape index (κ1) is 20.7. The Hall–Kier alpha value is -3.58. The van der Waals surface area contributed by atoms with Crippen molar-refractivity contribution in [2.75, 3.05) is 26.2 Å². The summed E-state index contributed by atoms with van der Waals surface area (Å²) < 4.78 is 10.7. The van der Waals surface area contributed by atoms with Crippen molar-refractivity contribution in [1.29, 1.82) is 0 Å². The van der Waals surface area contributed by atoms with E-state index in [0.29, 0.717) is 35.0 Å². The highest BCUT2D eigenvalue weighted by Gasteiger charge is 2.42. The van der Waals surface area contributed by atoms with Crippen LogP contribution in [-0.2, 0) is 16.1 Å². The van der Waals surface area contributed by atoms with E-state index in [1.54, 1.807) is 18.2 Å². The number of anilines is 1. The van der Waals surface area contributed by atoms with Crippen LogP contribution in [0.4, 0.5) is 5.69 Å². The Morgan fingerprint density at radius 1 is 0.903 bits per heavy atom. The molecule has 0 bridgehead atoms. The molecule has 158 valence electrons. The zero-order chi connectivity index (χ0) is 22.0. The molecular weight excluding hydrogens is 412 g/mol. The second kappa shape index (κ2) is 8.65. The molecule has 3 aromatic rings. The van der Waals surface area contributed by atoms with Gasteiger partial charge in [0, 0.05) is 36.7 Å². The lowest BCUT2D eigenvalue weighted by Crippen LogP contribution is -2.34. The zero-order valence-electron chi connectivity index (χ0n) is 17.5. The van der Waals surface area contributed by atoms with E-state index in [4.69, 9.17) is 9.47 Å². The fraction of sp³-hybridized carbons (Fsp3) is 0.167. The fourth-order valence-corrected chi connectivity index (χ4v) is 4.37. The van der Waals surface area contributed by atoms with E-state index in [0.717, 1.165) is 10.4 Å². The zero-order valence-corrected chi connectivity index (χ0v) is 18.3. The van der Waals surface area contributed by atoms with Gasteiger partial charge in [-0.05, 0) is 17.0 Å². The third kappa shape index (κ3) is 3.92. The van der Waals surface area contributed by atoms with Crippen molar-refractivity contribution < 1.29 is 19.1 Å². The average Bonchev–Trinajstić information content (AvgIpc) is 3.39. The minimum Gasteiger partial charge on any atom is -0.497 e. The van der Waals surface area contributed by atoms with Crippen LogP contribution in [0, 0.1) is 0 Å². The van der Waals surface area contributed by atoms with Crippen LogP contribution in [0.5, 0.6) is 11.5 Å². The first-order valence-corrected chi connectivity index (χ1v) is 10.6. The quantitative estimate of drug-likeness (QED) is 0.522. The van der Waals surface area contributed by atoms with E-state index in [1.807, 2.05) is 59.8 Å². The van der Waals surface area contributed by atoms with Crippen LogP contribution in [0.25, 0.3) is 5.57 Å². The van der Waals surface area contributed by atoms with E-state index in [9.17, 15) is 9.59 Å². The van der Waals surface area contributed by atoms with Crippen molar-refractivity contribution in [1.82, 2.24) is 4.90 Å². The molecule has 0 N–H and O–H groups in total. The maximum atomic E-state index is 13.6. The SMILES string of the molecule is COc1cc(OC)cc(N2C(=O)C(c3cccs3)=C(N(C)Cc3ccccc3)C2=O)c1. The van der Waals surface area contributed by atoms with Crippen molar-refractivity contribution in [2.45, 2.75) is 6.54 Å². The molecule has 0 saturated heterocycles. The van der Waals surface area contributed by atoms with Crippen molar-refractivity contribution in [3.05, 3.63) is 82.2 Å². The number of thiophene rings is 1. The van der Waals surface area contributed by atoms with Crippen LogP contribution in [0.15, 0.2) is 71.7 Å². The molecular formula is C24H22N2O4S. The molecule has 7 heteroatoms. The van der Waals surface area contributed by atoms with Crippen molar-refractivity contribution in [3.63, 3.8) is 0 Å². The van der Waals surface area contributed by atoms with Gasteiger partial charge < -0.3 is 14.4 Å². The third-order valence-corrected chi connectivity index (χ3v) is 5.95. The number of hydrogen-bond acceptors (Lipinski definition) is 6. The predicted molar refractivity (Wildman–Crippen MR) is 121 cm³/mol. The lowest BCUT2D eigenvalue weighted by Gasteiger charge is -2.22. The molecule has 0 unspecified atom stereocenters. The number of carbonyl (C=O) groups is 2. The second-order valence-corrected chi connectivity index (χ2v) is 8.01. The molecule has 0 atom stereocenters. The number of nitrogens with zero attached hydrogens (tertiary/aromatic N) is 2. The smallest absolute Gasteiger partial charge is 0.282 e. The standard InChI is InChI=1S/C24H22N2O4S/c1-25(15-16-8-5-4-6-9-16)22-21(20-10-7-11-31-20)23(27)26(24(22)28)17-12-18(29-2)14-19(13-17)30-3/h4-14H,15H2,1-3H3. The molecule has 31 heavy (non-hydrogen) atoms. The lowest BCUT2D eigenvalue weighted by molar-refractivity contribution is -0.120. The number of carbonyl (C=O) groups excluding carboxylic acids is 2. The Morgan fingerprint density at radius 2 is 1.58 bits per heavy atom. The Balaban J connectivity index is 1.78. The number of methoxy groups -OCH3 is 2. The van der Waals surface area contributed by atoms with Crippen molar-refractivity contribution >= 4 is 34.4 Å². The molecule has 0 spiro atoms. The fourth-order valence-electron chi connectivity index (χ4n) is 3.61. The summed E-state index contributed by atoms with van der Waals surface area (Å²) in [6.45, 7) is 0.499. The largest absolute Gasteiger partial charge is 0.497 e. The van der Waals surface area contributed by atoms with Crippen LogP contribution >= 0.6 is 11.3 Å². The highest BCUT2D eigenvalue weighted by molar-refractivity contribution is 7.11. The monoisotopic (exact) mass is 434 g/mol. The van der Waals surface area contributed by atoms with Gasteiger partial charge in [0.05, 0.1) is 25.5 Å². The molecule has 1 aliphatic heterocycles. The summed E-state index contributed by atoms with van der Waals surface area (Å²) in [5.74, 6) is 0.261. The predicted octanol–water partition coefficient (Wildman–Crippen LogP) is 4.18. The number of rotatable bonds is 7. The van der Waals surface area contributed by atoms with Gasteiger partial charge in [-0.1, -0.05) is 36.4 Å². The van der Waals surface area contributed by atoms with Gasteiger partial charge in [-0.15, -0.1) is 11.3 Å². The molecule has 1 aromatic heterocycles. The minimum absolute atomic E-state index is 0.363. The number of hydrogen-bond donors (Lipinski definition) is 0. The summed E-state index contributed by atoms with van der Waals surface area (Å²) >= 11 is 1.43. The van der Waals surface area contributed by atoms with E-state index in [-0.39, 0.29) is 11.8 Å². The summed E-state index contributed by atoms with van der Waals surface area (Å²) in [5, 5.41) is 1.89. The number of ether oxygens (including phenoxy) is 2. The topological polar surface area (TPSA) is 59.1 Å². The molecule has 2 amide bonds. The normalized spacial score (nSPS) is 13.7. The molecule has 1 aliphatic rings. The van der Waals surface area contributed by atoms with E-state index in [1.165, 1.54) is 30.5 Å². The van der Waals surface area contributed by atoms with E-state index >= 15 is 0 Å². The Kier molecular flexibility index (Phi) is 5.77. The van der Waals surface area contributed by atoms with Gasteiger partial charge in [-0.3, -0.25) is 9.59 Å². The highest BCUT2D eigenvalue weighted by atomic mass is 32.1. The Morgan fingerprint density at radius 3 is 2.16 bits per heavy atom. The van der Waals surface area contributed by atoms with Crippen LogP contribution in [0.1, 0.15) is 10.4 Å². The molecule has 0 aliphatic carbocycles. The van der Waals surface area contributed by atoms with Crippen molar-refractivity contribution in [2.24, 2.45) is 0 Å². The summed E-state index contributed by atoms with van der Waals surface area (Å²) in [7, 11) is 4.89. The first-order chi connectivity index (χ1) is 15.0. The summed E-state index contributed by atoms with van der Waals surface area (Å²) in [6, 6.07) is 18.6. The number of imide groups is 1. The summed E-state index contributed by atoms with van der Waals surface area (Å²) in [4.78, 5) is 30.9. The van der Waals surface area contributed by atoms with Gasteiger partial charge in [-0.25, -0.2) is 4.90 Å². The van der Waals surface area contributed by atoms with E-state index < -0.39 is 0 Å². The maximum absolute atomic E-state index is 13.6. The Bertz CT molecular complexity index is 1120. The van der Waals surface area contributed by atoms with Gasteiger partial charge in [0.2, 0.25) is 0 Å². The van der Waals surface area contributed by atoms with Gasteiger partial charge in [-0.2, -0.15) is 0 Å².